The summed E-state index contributed by atoms with van der Waals surface area (Å²) in [6.07, 6.45) is 0.785. The summed E-state index contributed by atoms with van der Waals surface area (Å²) in [5.41, 5.74) is 6.10. The number of anilines is 1. The second-order valence-electron chi connectivity index (χ2n) is 8.92. The van der Waals surface area contributed by atoms with Crippen LogP contribution in [0.15, 0.2) is 66.7 Å². The van der Waals surface area contributed by atoms with Crippen LogP contribution in [-0.4, -0.2) is 11.8 Å². The minimum Gasteiger partial charge on any atom is -0.274 e. The molecule has 3 nitrogen and oxygen atoms in total. The van der Waals surface area contributed by atoms with Crippen molar-refractivity contribution in [1.82, 2.24) is 0 Å². The van der Waals surface area contributed by atoms with Gasteiger partial charge in [-0.1, -0.05) is 55.5 Å². The molecule has 4 heteroatoms. The van der Waals surface area contributed by atoms with E-state index in [1.54, 1.807) is 0 Å². The van der Waals surface area contributed by atoms with E-state index in [1.807, 2.05) is 25.1 Å². The summed E-state index contributed by atoms with van der Waals surface area (Å²) in [5.74, 6) is -0.882. The zero-order valence-corrected chi connectivity index (χ0v) is 19.6. The van der Waals surface area contributed by atoms with Crippen molar-refractivity contribution < 1.29 is 9.59 Å². The first kappa shape index (κ1) is 19.2. The molecule has 0 radical (unpaired) electrons. The van der Waals surface area contributed by atoms with E-state index in [0.29, 0.717) is 0 Å². The van der Waals surface area contributed by atoms with Crippen molar-refractivity contribution in [1.29, 1.82) is 0 Å². The van der Waals surface area contributed by atoms with E-state index in [9.17, 15) is 9.59 Å². The number of rotatable bonds is 2. The van der Waals surface area contributed by atoms with Gasteiger partial charge < -0.3 is 0 Å². The van der Waals surface area contributed by atoms with Crippen LogP contribution in [-0.2, 0) is 15.0 Å². The molecule has 2 amide bonds. The van der Waals surface area contributed by atoms with Gasteiger partial charge in [0.15, 0.2) is 0 Å². The van der Waals surface area contributed by atoms with Crippen LogP contribution in [0.2, 0.25) is 0 Å². The van der Waals surface area contributed by atoms with Crippen molar-refractivity contribution in [3.05, 3.63) is 98.1 Å². The first-order valence-electron chi connectivity index (χ1n) is 10.8. The number of nitrogens with zero attached hydrogens (tertiary/aromatic N) is 1. The average Bonchev–Trinajstić information content (AvgIpc) is 3.05. The highest BCUT2D eigenvalue weighted by Gasteiger charge is 2.67. The number of hydrogen-bond donors (Lipinski definition) is 0. The van der Waals surface area contributed by atoms with E-state index in [0.717, 1.165) is 21.2 Å². The maximum absolute atomic E-state index is 14.1. The molecule has 0 aromatic heterocycles. The lowest BCUT2D eigenvalue weighted by atomic mass is 9.46. The topological polar surface area (TPSA) is 37.4 Å². The number of halogens is 1. The van der Waals surface area contributed by atoms with Crippen LogP contribution < -0.4 is 4.90 Å². The molecule has 3 aromatic carbocycles. The first-order chi connectivity index (χ1) is 15.0. The summed E-state index contributed by atoms with van der Waals surface area (Å²) in [7, 11) is 0. The van der Waals surface area contributed by atoms with E-state index >= 15 is 0 Å². The van der Waals surface area contributed by atoms with Crippen molar-refractivity contribution >= 4 is 40.1 Å². The molecule has 0 saturated carbocycles. The van der Waals surface area contributed by atoms with Gasteiger partial charge in [0.05, 0.1) is 17.5 Å². The molecule has 2 atom stereocenters. The Hall–Kier alpha value is -2.47. The lowest BCUT2D eigenvalue weighted by Gasteiger charge is -2.54. The van der Waals surface area contributed by atoms with Crippen LogP contribution in [0.5, 0.6) is 0 Å². The molecule has 2 bridgehead atoms. The molecule has 7 rings (SSSR count). The van der Waals surface area contributed by atoms with Crippen LogP contribution in [0.4, 0.5) is 5.69 Å². The van der Waals surface area contributed by atoms with Crippen molar-refractivity contribution in [2.24, 2.45) is 11.8 Å². The van der Waals surface area contributed by atoms with E-state index in [1.165, 1.54) is 27.2 Å². The highest BCUT2D eigenvalue weighted by molar-refractivity contribution is 14.1. The minimum atomic E-state index is -0.467. The second-order valence-corrected chi connectivity index (χ2v) is 10.2. The number of aryl methyl sites for hydroxylation is 1. The summed E-state index contributed by atoms with van der Waals surface area (Å²) >= 11 is 2.27. The Morgan fingerprint density at radius 2 is 1.52 bits per heavy atom. The van der Waals surface area contributed by atoms with Gasteiger partial charge in [0.1, 0.15) is 0 Å². The monoisotopic (exact) mass is 519 g/mol. The van der Waals surface area contributed by atoms with Crippen molar-refractivity contribution in [3.63, 3.8) is 0 Å². The lowest BCUT2D eigenvalue weighted by Crippen LogP contribution is -2.53. The number of benzene rings is 3. The standard InChI is InChI=1S/C27H22INO2/c1-3-27-19-10-6-4-8-17(19)22(18-9-5-7-11-20(18)27)23-24(27)26(31)29(25(23)30)21-13-12-16(28)14-15(21)2/h4-14,22-24H,3H2,1-2H3. The van der Waals surface area contributed by atoms with Crippen LogP contribution in [0, 0.1) is 22.3 Å². The van der Waals surface area contributed by atoms with Crippen LogP contribution in [0.3, 0.4) is 0 Å². The Kier molecular flexibility index (Phi) is 4.04. The summed E-state index contributed by atoms with van der Waals surface area (Å²) < 4.78 is 1.10. The van der Waals surface area contributed by atoms with Crippen molar-refractivity contribution in [3.8, 4) is 0 Å². The highest BCUT2D eigenvalue weighted by Crippen LogP contribution is 2.65. The Morgan fingerprint density at radius 1 is 0.903 bits per heavy atom. The third-order valence-corrected chi connectivity index (χ3v) is 8.42. The molecular formula is C27H22INO2. The van der Waals surface area contributed by atoms with Crippen LogP contribution >= 0.6 is 22.6 Å². The number of carbonyl (C=O) groups excluding carboxylic acids is 2. The van der Waals surface area contributed by atoms with Gasteiger partial charge in [-0.2, -0.15) is 0 Å². The molecule has 3 aliphatic carbocycles. The van der Waals surface area contributed by atoms with E-state index in [2.05, 4.69) is 78.0 Å². The Bertz CT molecular complexity index is 1230. The average molecular weight is 519 g/mol. The van der Waals surface area contributed by atoms with Gasteiger partial charge in [0.2, 0.25) is 11.8 Å². The molecule has 2 unspecified atom stereocenters. The maximum atomic E-state index is 14.1. The van der Waals surface area contributed by atoms with Gasteiger partial charge in [-0.3, -0.25) is 9.59 Å². The van der Waals surface area contributed by atoms with E-state index < -0.39 is 5.41 Å². The minimum absolute atomic E-state index is 0.0461. The van der Waals surface area contributed by atoms with Gasteiger partial charge in [-0.25, -0.2) is 4.90 Å². The molecule has 1 saturated heterocycles. The normalized spacial score (nSPS) is 27.8. The molecular weight excluding hydrogens is 497 g/mol. The Labute approximate surface area is 195 Å². The van der Waals surface area contributed by atoms with Crippen LogP contribution in [0.1, 0.15) is 47.1 Å². The molecule has 0 spiro atoms. The summed E-state index contributed by atoms with van der Waals surface area (Å²) in [6, 6.07) is 22.8. The molecule has 1 heterocycles. The molecule has 154 valence electrons. The molecule has 4 aliphatic rings. The van der Waals surface area contributed by atoms with Crippen molar-refractivity contribution in [2.75, 3.05) is 4.90 Å². The van der Waals surface area contributed by atoms with Crippen molar-refractivity contribution in [2.45, 2.75) is 31.6 Å². The van der Waals surface area contributed by atoms with Gasteiger partial charge >= 0.3 is 0 Å². The fourth-order valence-corrected chi connectivity index (χ4v) is 7.28. The molecule has 31 heavy (non-hydrogen) atoms. The van der Waals surface area contributed by atoms with E-state index in [4.69, 9.17) is 0 Å². The number of carbonyl (C=O) groups is 2. The van der Waals surface area contributed by atoms with Gasteiger partial charge in [-0.05, 0) is 82.0 Å². The molecule has 3 aromatic rings. The third-order valence-electron chi connectivity index (χ3n) is 7.75. The largest absolute Gasteiger partial charge is 0.274 e. The zero-order chi connectivity index (χ0) is 21.5. The number of hydrogen-bond acceptors (Lipinski definition) is 2. The molecule has 1 fully saturated rings. The highest BCUT2D eigenvalue weighted by atomic mass is 127. The lowest BCUT2D eigenvalue weighted by molar-refractivity contribution is -0.123. The molecule has 1 aliphatic heterocycles. The number of amides is 2. The maximum Gasteiger partial charge on any atom is 0.238 e. The zero-order valence-electron chi connectivity index (χ0n) is 17.4. The Morgan fingerprint density at radius 3 is 2.10 bits per heavy atom. The van der Waals surface area contributed by atoms with E-state index in [-0.39, 0.29) is 29.6 Å². The van der Waals surface area contributed by atoms with Gasteiger partial charge in [0.25, 0.3) is 0 Å². The third kappa shape index (κ3) is 2.24. The second kappa shape index (κ2) is 6.52. The summed E-state index contributed by atoms with van der Waals surface area (Å²) in [4.78, 5) is 29.5. The molecule has 0 N–H and O–H groups in total. The van der Waals surface area contributed by atoms with Gasteiger partial charge in [0, 0.05) is 14.9 Å². The van der Waals surface area contributed by atoms with Crippen LogP contribution in [0.25, 0.3) is 0 Å². The Balaban J connectivity index is 1.64. The fourth-order valence-electron chi connectivity index (χ4n) is 6.64. The quantitative estimate of drug-likeness (QED) is 0.329. The predicted molar refractivity (Wildman–Crippen MR) is 129 cm³/mol. The number of imide groups is 1. The van der Waals surface area contributed by atoms with Gasteiger partial charge in [-0.15, -0.1) is 0 Å². The first-order valence-corrected chi connectivity index (χ1v) is 11.9. The summed E-state index contributed by atoms with van der Waals surface area (Å²) in [6.45, 7) is 4.14. The smallest absolute Gasteiger partial charge is 0.238 e. The SMILES string of the molecule is CCC12c3ccccc3C(c3ccccc31)C1C(=O)N(c3ccc(I)cc3C)C(=O)C12. The summed E-state index contributed by atoms with van der Waals surface area (Å²) in [5, 5.41) is 0. The fraction of sp³-hybridized carbons (Fsp3) is 0.259. The predicted octanol–water partition coefficient (Wildman–Crippen LogP) is 5.56.